The first-order valence-electron chi connectivity index (χ1n) is 22.3. The van der Waals surface area contributed by atoms with Gasteiger partial charge < -0.3 is 20.6 Å². The highest BCUT2D eigenvalue weighted by atomic mass is 16.3. The van der Waals surface area contributed by atoms with Crippen molar-refractivity contribution in [3.05, 3.63) is 0 Å². The van der Waals surface area contributed by atoms with E-state index in [1.165, 1.54) is 193 Å². The van der Waals surface area contributed by atoms with E-state index in [1.54, 1.807) is 0 Å². The molecule has 0 aliphatic carbocycles. The average Bonchev–Trinajstić information content (AvgIpc) is 3.11. The first kappa shape index (κ1) is 48.3. The molecule has 0 fully saturated rings. The minimum Gasteiger partial charge on any atom is -0.394 e. The molecule has 0 radical (unpaired) electrons. The van der Waals surface area contributed by atoms with Crippen LogP contribution in [0.5, 0.6) is 0 Å². The van der Waals surface area contributed by atoms with Crippen LogP contribution in [0.15, 0.2) is 0 Å². The molecule has 0 rings (SSSR count). The lowest BCUT2D eigenvalue weighted by Gasteiger charge is -2.23. The van der Waals surface area contributed by atoms with E-state index in [2.05, 4.69) is 19.2 Å². The molecule has 5 heteroatoms. The highest BCUT2D eigenvalue weighted by Gasteiger charge is 2.23. The van der Waals surface area contributed by atoms with Gasteiger partial charge in [-0.25, -0.2) is 0 Å². The van der Waals surface area contributed by atoms with Crippen LogP contribution in [-0.4, -0.2) is 46.1 Å². The zero-order chi connectivity index (χ0) is 35.9. The van der Waals surface area contributed by atoms with Gasteiger partial charge in [0.25, 0.3) is 0 Å². The molecule has 294 valence electrons. The lowest BCUT2D eigenvalue weighted by molar-refractivity contribution is -0.131. The monoisotopic (exact) mass is 696 g/mol. The summed E-state index contributed by atoms with van der Waals surface area (Å²) in [6, 6.07) is -0.704. The van der Waals surface area contributed by atoms with Crippen LogP contribution in [0.1, 0.15) is 251 Å². The molecule has 3 atom stereocenters. The molecule has 0 aromatic heterocycles. The number of carbonyl (C=O) groups excluding carboxylic acids is 1. The van der Waals surface area contributed by atoms with E-state index in [9.17, 15) is 20.1 Å². The van der Waals surface area contributed by atoms with Gasteiger partial charge in [0, 0.05) is 0 Å². The summed E-state index contributed by atoms with van der Waals surface area (Å²) in [5.74, 6) is -0.466. The second kappa shape index (κ2) is 40.1. The van der Waals surface area contributed by atoms with Gasteiger partial charge in [0.2, 0.25) is 5.91 Å². The van der Waals surface area contributed by atoms with Crippen LogP contribution in [-0.2, 0) is 4.79 Å². The van der Waals surface area contributed by atoms with E-state index in [-0.39, 0.29) is 6.61 Å². The van der Waals surface area contributed by atoms with Crippen molar-refractivity contribution in [2.24, 2.45) is 0 Å². The number of hydrogen-bond acceptors (Lipinski definition) is 4. The topological polar surface area (TPSA) is 89.8 Å². The van der Waals surface area contributed by atoms with Crippen LogP contribution in [0.3, 0.4) is 0 Å². The highest BCUT2D eigenvalue weighted by molar-refractivity contribution is 5.80. The number of carbonyl (C=O) groups is 1. The van der Waals surface area contributed by atoms with Crippen molar-refractivity contribution in [3.63, 3.8) is 0 Å². The van der Waals surface area contributed by atoms with Gasteiger partial charge in [-0.2, -0.15) is 0 Å². The smallest absolute Gasteiger partial charge is 0.249 e. The summed E-state index contributed by atoms with van der Waals surface area (Å²) >= 11 is 0. The van der Waals surface area contributed by atoms with Crippen LogP contribution in [0.4, 0.5) is 0 Å². The first-order valence-corrected chi connectivity index (χ1v) is 22.3. The van der Waals surface area contributed by atoms with Crippen LogP contribution >= 0.6 is 0 Å². The highest BCUT2D eigenvalue weighted by Crippen LogP contribution is 2.17. The maximum atomic E-state index is 12.5. The standard InChI is InChI=1S/C44H89NO4/c1-3-5-7-9-11-13-15-17-18-19-20-21-22-23-24-25-26-27-29-31-33-35-37-39-43(48)44(49)45-41(40-46)42(47)38-36-34-32-30-28-16-14-12-10-8-6-4-2/h41-43,46-48H,3-40H2,1-2H3,(H,45,49). The fourth-order valence-electron chi connectivity index (χ4n) is 7.19. The Morgan fingerprint density at radius 1 is 0.408 bits per heavy atom. The Labute approximate surface area is 307 Å². The third kappa shape index (κ3) is 35.5. The van der Waals surface area contributed by atoms with Crippen LogP contribution in [0.25, 0.3) is 0 Å². The Morgan fingerprint density at radius 3 is 0.918 bits per heavy atom. The number of nitrogens with one attached hydrogen (secondary N) is 1. The normalized spacial score (nSPS) is 13.5. The van der Waals surface area contributed by atoms with Crippen molar-refractivity contribution in [1.29, 1.82) is 0 Å². The Bertz CT molecular complexity index is 644. The Balaban J connectivity index is 3.53. The van der Waals surface area contributed by atoms with Gasteiger partial charge in [-0.15, -0.1) is 0 Å². The molecule has 4 N–H and O–H groups in total. The van der Waals surface area contributed by atoms with E-state index >= 15 is 0 Å². The predicted molar refractivity (Wildman–Crippen MR) is 213 cm³/mol. The minimum absolute atomic E-state index is 0.308. The van der Waals surface area contributed by atoms with Crippen molar-refractivity contribution in [1.82, 2.24) is 5.32 Å². The van der Waals surface area contributed by atoms with Crippen molar-refractivity contribution in [3.8, 4) is 0 Å². The lowest BCUT2D eigenvalue weighted by atomic mass is 10.0. The fourth-order valence-corrected chi connectivity index (χ4v) is 7.19. The molecule has 0 aromatic rings. The molecule has 3 unspecified atom stereocenters. The van der Waals surface area contributed by atoms with Gasteiger partial charge in [0.15, 0.2) is 0 Å². The summed E-state index contributed by atoms with van der Waals surface area (Å²) in [5, 5.41) is 33.3. The maximum absolute atomic E-state index is 12.5. The predicted octanol–water partition coefficient (Wildman–Crippen LogP) is 12.7. The number of aliphatic hydroxyl groups is 3. The molecule has 0 saturated heterocycles. The Hall–Kier alpha value is -0.650. The molecule has 5 nitrogen and oxygen atoms in total. The third-order valence-electron chi connectivity index (χ3n) is 10.7. The summed E-state index contributed by atoms with van der Waals surface area (Å²) in [6.45, 7) is 4.24. The van der Waals surface area contributed by atoms with Crippen molar-refractivity contribution < 1.29 is 20.1 Å². The Morgan fingerprint density at radius 2 is 0.653 bits per heavy atom. The molecule has 0 saturated carbocycles. The molecular weight excluding hydrogens is 606 g/mol. The van der Waals surface area contributed by atoms with Crippen LogP contribution < -0.4 is 5.32 Å². The van der Waals surface area contributed by atoms with E-state index in [0.29, 0.717) is 12.8 Å². The minimum atomic E-state index is -1.07. The number of rotatable bonds is 41. The van der Waals surface area contributed by atoms with Gasteiger partial charge in [-0.05, 0) is 12.8 Å². The van der Waals surface area contributed by atoms with E-state index in [1.807, 2.05) is 0 Å². The second-order valence-corrected chi connectivity index (χ2v) is 15.6. The van der Waals surface area contributed by atoms with Crippen molar-refractivity contribution >= 4 is 5.91 Å². The summed E-state index contributed by atoms with van der Waals surface area (Å²) in [5.41, 5.74) is 0. The molecule has 0 aliphatic heterocycles. The molecule has 0 heterocycles. The van der Waals surface area contributed by atoms with Gasteiger partial charge in [-0.3, -0.25) is 4.79 Å². The summed E-state index contributed by atoms with van der Waals surface area (Å²) in [6.07, 6.45) is 45.4. The molecule has 49 heavy (non-hydrogen) atoms. The summed E-state index contributed by atoms with van der Waals surface area (Å²) in [7, 11) is 0. The summed E-state index contributed by atoms with van der Waals surface area (Å²) < 4.78 is 0. The number of hydrogen-bond donors (Lipinski definition) is 4. The molecule has 1 amide bonds. The molecule has 0 bridgehead atoms. The second-order valence-electron chi connectivity index (χ2n) is 15.6. The zero-order valence-corrected chi connectivity index (χ0v) is 33.4. The number of aliphatic hydroxyl groups excluding tert-OH is 3. The quantitative estimate of drug-likeness (QED) is 0.0479. The number of unbranched alkanes of at least 4 members (excludes halogenated alkanes) is 33. The fraction of sp³-hybridized carbons (Fsp3) is 0.977. The summed E-state index contributed by atoms with van der Waals surface area (Å²) in [4.78, 5) is 12.5. The molecular formula is C44H89NO4. The van der Waals surface area contributed by atoms with Crippen molar-refractivity contribution in [2.75, 3.05) is 6.61 Å². The van der Waals surface area contributed by atoms with Crippen LogP contribution in [0.2, 0.25) is 0 Å². The molecule has 0 aliphatic rings. The van der Waals surface area contributed by atoms with Gasteiger partial charge >= 0.3 is 0 Å². The van der Waals surface area contributed by atoms with E-state index in [0.717, 1.165) is 32.1 Å². The molecule has 0 spiro atoms. The third-order valence-corrected chi connectivity index (χ3v) is 10.7. The number of amides is 1. The van der Waals surface area contributed by atoms with Gasteiger partial charge in [0.05, 0.1) is 18.8 Å². The largest absolute Gasteiger partial charge is 0.394 e. The van der Waals surface area contributed by atoms with Crippen LogP contribution in [0, 0.1) is 0 Å². The zero-order valence-electron chi connectivity index (χ0n) is 33.4. The molecule has 0 aromatic carbocycles. The van der Waals surface area contributed by atoms with Gasteiger partial charge in [-0.1, -0.05) is 239 Å². The maximum Gasteiger partial charge on any atom is 0.249 e. The first-order chi connectivity index (χ1) is 24.1. The van der Waals surface area contributed by atoms with Crippen molar-refractivity contribution in [2.45, 2.75) is 270 Å². The Kier molecular flexibility index (Phi) is 39.6. The van der Waals surface area contributed by atoms with E-state index < -0.39 is 24.2 Å². The van der Waals surface area contributed by atoms with Gasteiger partial charge in [0.1, 0.15) is 6.10 Å². The van der Waals surface area contributed by atoms with E-state index in [4.69, 9.17) is 0 Å². The average molecular weight is 696 g/mol. The lowest BCUT2D eigenvalue weighted by Crippen LogP contribution is -2.49. The SMILES string of the molecule is CCCCCCCCCCCCCCCCCCCCCCCCCC(O)C(=O)NC(CO)C(O)CCCCCCCCCCCCCC.